The Hall–Kier alpha value is -11.3. The van der Waals surface area contributed by atoms with Gasteiger partial charge in [-0.2, -0.15) is 0 Å². The van der Waals surface area contributed by atoms with Gasteiger partial charge in [0, 0.05) is 29.2 Å². The Morgan fingerprint density at radius 3 is 1.02 bits per heavy atom. The molecule has 8 N–H and O–H groups in total. The van der Waals surface area contributed by atoms with Crippen LogP contribution in [0.1, 0.15) is 96.3 Å². The quantitative estimate of drug-likeness (QED) is 0.0152. The number of ether oxygens (including phenoxy) is 9. The summed E-state index contributed by atoms with van der Waals surface area (Å²) >= 11 is 0. The molecule has 0 amide bonds. The van der Waals surface area contributed by atoms with Crippen LogP contribution in [0.2, 0.25) is 0 Å². The standard InChI is InChI=1S/C20H23NO4.C18H19NO5.C17H17NO4.C16H15NO4/c1-15-6-8-16(9-7-15)20(23)24-14-4-2-3-5-19(22)25-18-12-10-17(21)11-13-18;1-13-2-4-14(5-3-13)18(21)23-11-10-22-12-17(20)24-16-8-6-15(19)7-9-16;1-11-3-5-13(6-4-11)17(20)21-12(2)16(19)22-15-9-7-14(18)8-10-15;1-11-2-4-12(5-3-11)16(19)20-10-15(18)21-14-8-6-13(17)7-9-14/h6-13H,2-5,14,21H2,1H3;2-9H,10-12,19H2,1H3;3-10,12H,18H2,1-2H3;2-9H,10,17H2,1H3. The molecule has 8 aromatic rings. The first-order chi connectivity index (χ1) is 44.1. The monoisotopic (exact) mass is 1250 g/mol. The van der Waals surface area contributed by atoms with E-state index in [1.165, 1.54) is 6.92 Å². The molecule has 0 saturated heterocycles. The van der Waals surface area contributed by atoms with E-state index in [0.717, 1.165) is 28.7 Å². The Morgan fingerprint density at radius 2 is 0.641 bits per heavy atom. The van der Waals surface area contributed by atoms with Gasteiger partial charge in [0.05, 0.1) is 35.5 Å². The van der Waals surface area contributed by atoms with Crippen molar-refractivity contribution in [1.29, 1.82) is 0 Å². The van der Waals surface area contributed by atoms with Crippen molar-refractivity contribution >= 4 is 70.5 Å². The van der Waals surface area contributed by atoms with Crippen molar-refractivity contribution in [2.45, 2.75) is 66.4 Å². The van der Waals surface area contributed by atoms with Gasteiger partial charge in [0.25, 0.3) is 0 Å². The molecule has 0 spiro atoms. The number of unbranched alkanes of at least 4 members (excludes halogenated alkanes) is 2. The largest absolute Gasteiger partial charge is 0.462 e. The number of nitrogens with two attached hydrogens (primary N) is 4. The van der Waals surface area contributed by atoms with Gasteiger partial charge >= 0.3 is 47.8 Å². The number of benzene rings is 8. The Labute approximate surface area is 533 Å². The number of rotatable bonds is 23. The molecule has 0 radical (unpaired) electrons. The van der Waals surface area contributed by atoms with Gasteiger partial charge in [-0.3, -0.25) is 4.79 Å². The topological polar surface area (TPSA) is 324 Å². The molecule has 0 fully saturated rings. The molecular weight excluding hydrogens is 1180 g/mol. The second kappa shape index (κ2) is 38.2. The first-order valence-electron chi connectivity index (χ1n) is 28.9. The van der Waals surface area contributed by atoms with Crippen LogP contribution in [0.5, 0.6) is 23.0 Å². The van der Waals surface area contributed by atoms with Gasteiger partial charge in [0.15, 0.2) is 12.7 Å². The van der Waals surface area contributed by atoms with Crippen molar-refractivity contribution < 1.29 is 81.0 Å². The summed E-state index contributed by atoms with van der Waals surface area (Å²) in [5, 5.41) is 0. The lowest BCUT2D eigenvalue weighted by Crippen LogP contribution is -2.28. The Balaban J connectivity index is 0.000000223. The molecule has 0 aliphatic rings. The van der Waals surface area contributed by atoms with Crippen LogP contribution < -0.4 is 41.9 Å². The van der Waals surface area contributed by atoms with Gasteiger partial charge < -0.3 is 65.6 Å². The Morgan fingerprint density at radius 1 is 0.326 bits per heavy atom. The van der Waals surface area contributed by atoms with E-state index < -0.39 is 48.5 Å². The number of hydrogen-bond donors (Lipinski definition) is 4. The highest BCUT2D eigenvalue weighted by Crippen LogP contribution is 2.19. The number of nitrogen functional groups attached to an aromatic ring is 4. The molecule has 0 aromatic heterocycles. The van der Waals surface area contributed by atoms with Crippen LogP contribution in [0.15, 0.2) is 194 Å². The number of carbonyl (C=O) groups is 8. The summed E-state index contributed by atoms with van der Waals surface area (Å²) in [7, 11) is 0. The zero-order chi connectivity index (χ0) is 66.8. The summed E-state index contributed by atoms with van der Waals surface area (Å²) in [4.78, 5) is 93.9. The third-order valence-corrected chi connectivity index (χ3v) is 12.5. The number of hydrogen-bond acceptors (Lipinski definition) is 21. The maximum atomic E-state index is 11.9. The maximum absolute atomic E-state index is 11.9. The second-order valence-corrected chi connectivity index (χ2v) is 20.3. The highest BCUT2D eigenvalue weighted by molar-refractivity contribution is 5.92. The average molecular weight is 1260 g/mol. The molecule has 21 nitrogen and oxygen atoms in total. The smallest absolute Gasteiger partial charge is 0.352 e. The van der Waals surface area contributed by atoms with Crippen molar-refractivity contribution in [1.82, 2.24) is 0 Å². The fourth-order valence-electron chi connectivity index (χ4n) is 7.32. The third kappa shape index (κ3) is 27.8. The fraction of sp³-hybridized carbons (Fsp3) is 0.211. The van der Waals surface area contributed by atoms with Gasteiger partial charge in [-0.1, -0.05) is 70.8 Å². The van der Waals surface area contributed by atoms with E-state index in [2.05, 4.69) is 0 Å². The van der Waals surface area contributed by atoms with E-state index in [1.807, 2.05) is 52.0 Å². The predicted octanol–water partition coefficient (Wildman–Crippen LogP) is 11.3. The zero-order valence-electron chi connectivity index (χ0n) is 51.7. The van der Waals surface area contributed by atoms with Crippen molar-refractivity contribution in [3.8, 4) is 23.0 Å². The van der Waals surface area contributed by atoms with Gasteiger partial charge in [0.1, 0.15) is 36.2 Å². The van der Waals surface area contributed by atoms with Gasteiger partial charge in [-0.05, 0) is 199 Å². The van der Waals surface area contributed by atoms with E-state index in [-0.39, 0.29) is 31.8 Å². The van der Waals surface area contributed by atoms with E-state index in [0.29, 0.717) is 93.9 Å². The molecule has 0 heterocycles. The van der Waals surface area contributed by atoms with Crippen LogP contribution >= 0.6 is 0 Å². The Kier molecular flexibility index (Phi) is 29.6. The molecule has 8 aromatic carbocycles. The normalized spacial score (nSPS) is 10.5. The van der Waals surface area contributed by atoms with Crippen molar-refractivity contribution in [3.63, 3.8) is 0 Å². The summed E-state index contributed by atoms with van der Waals surface area (Å²) in [6, 6.07) is 54.0. The fourth-order valence-corrected chi connectivity index (χ4v) is 7.32. The molecule has 0 saturated carbocycles. The average Bonchev–Trinajstić information content (AvgIpc) is 2.40. The van der Waals surface area contributed by atoms with Gasteiger partial charge in [-0.25, -0.2) is 33.6 Å². The minimum absolute atomic E-state index is 0.0574. The van der Waals surface area contributed by atoms with E-state index in [9.17, 15) is 38.4 Å². The highest BCUT2D eigenvalue weighted by Gasteiger charge is 2.21. The summed E-state index contributed by atoms with van der Waals surface area (Å²) in [5.41, 5.74) is 30.6. The molecule has 0 aliphatic carbocycles. The number of anilines is 4. The highest BCUT2D eigenvalue weighted by atomic mass is 16.6. The van der Waals surface area contributed by atoms with Crippen LogP contribution in [0.3, 0.4) is 0 Å². The van der Waals surface area contributed by atoms with E-state index in [1.54, 1.807) is 170 Å². The van der Waals surface area contributed by atoms with Gasteiger partial charge in [0.2, 0.25) is 0 Å². The number of carbonyl (C=O) groups excluding carboxylic acids is 8. The van der Waals surface area contributed by atoms with Crippen molar-refractivity contribution in [3.05, 3.63) is 239 Å². The molecule has 1 atom stereocenters. The minimum Gasteiger partial charge on any atom is -0.462 e. The Bertz CT molecular complexity index is 3640. The first-order valence-corrected chi connectivity index (χ1v) is 28.9. The predicted molar refractivity (Wildman–Crippen MR) is 346 cm³/mol. The SMILES string of the molecule is Cc1ccc(C(=O)OC(C)C(=O)Oc2ccc(N)cc2)cc1.Cc1ccc(C(=O)OCC(=O)Oc2ccc(N)cc2)cc1.Cc1ccc(C(=O)OCCCCCC(=O)Oc2ccc(N)cc2)cc1.Cc1ccc(C(=O)OCCOCC(=O)Oc2ccc(N)cc2)cc1. The maximum Gasteiger partial charge on any atom is 0.352 e. The van der Waals surface area contributed by atoms with E-state index in [4.69, 9.17) is 65.6 Å². The molecule has 92 heavy (non-hydrogen) atoms. The molecule has 0 bridgehead atoms. The molecule has 8 rings (SSSR count). The molecule has 21 heteroatoms. The van der Waals surface area contributed by atoms with Crippen LogP contribution in [0.25, 0.3) is 0 Å². The van der Waals surface area contributed by atoms with Crippen LogP contribution in [0, 0.1) is 27.7 Å². The van der Waals surface area contributed by atoms with Gasteiger partial charge in [-0.15, -0.1) is 0 Å². The second-order valence-electron chi connectivity index (χ2n) is 20.3. The third-order valence-electron chi connectivity index (χ3n) is 12.5. The van der Waals surface area contributed by atoms with E-state index >= 15 is 0 Å². The summed E-state index contributed by atoms with van der Waals surface area (Å²) in [5.74, 6) is -2.42. The lowest BCUT2D eigenvalue weighted by molar-refractivity contribution is -0.143. The number of esters is 8. The summed E-state index contributed by atoms with van der Waals surface area (Å²) < 4.78 is 45.7. The number of aryl methyl sites for hydroxylation is 4. The summed E-state index contributed by atoms with van der Waals surface area (Å²) in [6.45, 7) is 9.03. The lowest BCUT2D eigenvalue weighted by Gasteiger charge is -2.12. The molecule has 1 unspecified atom stereocenters. The van der Waals surface area contributed by atoms with Crippen LogP contribution in [-0.4, -0.2) is 86.9 Å². The molecule has 480 valence electrons. The molecular formula is C71H74N4O17. The zero-order valence-corrected chi connectivity index (χ0v) is 51.7. The minimum atomic E-state index is -1.01. The van der Waals surface area contributed by atoms with Crippen molar-refractivity contribution in [2.24, 2.45) is 0 Å². The lowest BCUT2D eigenvalue weighted by atomic mass is 10.1. The van der Waals surface area contributed by atoms with Crippen LogP contribution in [0.4, 0.5) is 22.7 Å². The first kappa shape index (κ1) is 71.4. The molecule has 0 aliphatic heterocycles. The van der Waals surface area contributed by atoms with Crippen molar-refractivity contribution in [2.75, 3.05) is 56.0 Å². The summed E-state index contributed by atoms with van der Waals surface area (Å²) in [6.07, 6.45) is 1.52. The van der Waals surface area contributed by atoms with Crippen LogP contribution in [-0.2, 0) is 42.9 Å².